The second-order valence-corrected chi connectivity index (χ2v) is 8.11. The van der Waals surface area contributed by atoms with Crippen LogP contribution in [0, 0.1) is 22.0 Å². The van der Waals surface area contributed by atoms with E-state index in [1.165, 1.54) is 63.1 Å². The molecule has 0 radical (unpaired) electrons. The maximum absolute atomic E-state index is 14.1. The van der Waals surface area contributed by atoms with E-state index in [4.69, 9.17) is 18.9 Å². The molecular formula is C26H25N5O8. The van der Waals surface area contributed by atoms with E-state index in [-0.39, 0.29) is 35.2 Å². The number of hydrogen-bond donors (Lipinski definition) is 1. The first-order valence-electron chi connectivity index (χ1n) is 11.5. The molecule has 13 heteroatoms. The summed E-state index contributed by atoms with van der Waals surface area (Å²) < 4.78 is 24.4. The quantitative estimate of drug-likeness (QED) is 0.146. The Morgan fingerprint density at radius 3 is 2.28 bits per heavy atom. The Morgan fingerprint density at radius 2 is 1.74 bits per heavy atom. The highest BCUT2D eigenvalue weighted by Crippen LogP contribution is 2.39. The van der Waals surface area contributed by atoms with Gasteiger partial charge < -0.3 is 34.2 Å². The predicted molar refractivity (Wildman–Crippen MR) is 139 cm³/mol. The molecule has 0 aliphatic heterocycles. The van der Waals surface area contributed by atoms with Crippen LogP contribution < -0.4 is 18.9 Å². The lowest BCUT2D eigenvalue weighted by Crippen LogP contribution is -2.15. The first kappa shape index (κ1) is 27.0. The molecule has 0 amide bonds. The van der Waals surface area contributed by atoms with Gasteiger partial charge in [-0.05, 0) is 29.2 Å². The lowest BCUT2D eigenvalue weighted by Gasteiger charge is -2.14. The summed E-state index contributed by atoms with van der Waals surface area (Å²) in [7, 11) is 7.32. The van der Waals surface area contributed by atoms with Gasteiger partial charge in [0.2, 0.25) is 11.5 Å². The predicted octanol–water partition coefficient (Wildman–Crippen LogP) is 2.34. The molecule has 202 valence electrons. The molecule has 13 nitrogen and oxygen atoms in total. The summed E-state index contributed by atoms with van der Waals surface area (Å²) in [5.41, 5.74) is 1.56. The number of nitro groups is 1. The van der Waals surface area contributed by atoms with Gasteiger partial charge in [0, 0.05) is 10.9 Å². The van der Waals surface area contributed by atoms with E-state index in [0.717, 1.165) is 0 Å². The summed E-state index contributed by atoms with van der Waals surface area (Å²) >= 11 is 0. The average molecular weight is 536 g/mol. The van der Waals surface area contributed by atoms with Crippen molar-refractivity contribution in [3.63, 3.8) is 0 Å². The number of fused-ring (bicyclic) bond motifs is 1. The molecule has 4 rings (SSSR count). The second kappa shape index (κ2) is 11.1. The zero-order valence-electron chi connectivity index (χ0n) is 21.8. The van der Waals surface area contributed by atoms with Crippen molar-refractivity contribution in [2.24, 2.45) is 7.05 Å². The molecular weight excluding hydrogens is 510 g/mol. The Kier molecular flexibility index (Phi) is 7.68. The van der Waals surface area contributed by atoms with Crippen LogP contribution >= 0.6 is 0 Å². The van der Waals surface area contributed by atoms with E-state index in [0.29, 0.717) is 33.7 Å². The third-order valence-electron chi connectivity index (χ3n) is 6.06. The molecule has 1 N–H and O–H groups in total. The topological polar surface area (TPSA) is 153 Å². The highest BCUT2D eigenvalue weighted by atomic mass is 16.6. The van der Waals surface area contributed by atoms with Crippen molar-refractivity contribution in [1.82, 2.24) is 19.3 Å². The number of carbonyl (C=O) groups is 1. The standard InChI is InChI=1S/C26H25N5O8/c1-29-16(13-27-26(29)31(34)35)14-30-23(18-8-9-19(36-2)17(7-6-10-32)22(18)28-30)24(33)15-11-20(37-3)25(39-5)21(12-15)38-4/h8-9,11-13,32H,10,14H2,1-5H3. The minimum atomic E-state index is -0.599. The Morgan fingerprint density at radius 1 is 1.08 bits per heavy atom. The molecule has 0 aliphatic rings. The Balaban J connectivity index is 1.99. The van der Waals surface area contributed by atoms with Gasteiger partial charge in [-0.15, -0.1) is 0 Å². The number of ketones is 1. The average Bonchev–Trinajstić information content (AvgIpc) is 3.50. The van der Waals surface area contributed by atoms with Crippen molar-refractivity contribution < 1.29 is 33.8 Å². The van der Waals surface area contributed by atoms with Crippen molar-refractivity contribution in [2.45, 2.75) is 6.54 Å². The van der Waals surface area contributed by atoms with Gasteiger partial charge in [-0.2, -0.15) is 5.10 Å². The fourth-order valence-electron chi connectivity index (χ4n) is 4.20. The molecule has 0 unspecified atom stereocenters. The number of aliphatic hydroxyl groups excluding tert-OH is 1. The molecule has 0 spiro atoms. The Bertz CT molecular complexity index is 1620. The molecule has 2 aromatic heterocycles. The zero-order valence-corrected chi connectivity index (χ0v) is 21.8. The largest absolute Gasteiger partial charge is 0.495 e. The summed E-state index contributed by atoms with van der Waals surface area (Å²) in [4.78, 5) is 28.7. The van der Waals surface area contributed by atoms with E-state index < -0.39 is 17.3 Å². The number of methoxy groups -OCH3 is 4. The fraction of sp³-hybridized carbons (Fsp3) is 0.269. The first-order valence-corrected chi connectivity index (χ1v) is 11.5. The molecule has 39 heavy (non-hydrogen) atoms. The maximum Gasteiger partial charge on any atom is 0.434 e. The van der Waals surface area contributed by atoms with E-state index in [1.54, 1.807) is 12.1 Å². The lowest BCUT2D eigenvalue weighted by atomic mass is 10.0. The summed E-state index contributed by atoms with van der Waals surface area (Å²) in [5, 5.41) is 25.7. The number of nitrogens with zero attached hydrogens (tertiary/aromatic N) is 5. The molecule has 0 aliphatic carbocycles. The van der Waals surface area contributed by atoms with Gasteiger partial charge >= 0.3 is 5.95 Å². The molecule has 0 bridgehead atoms. The van der Waals surface area contributed by atoms with Crippen molar-refractivity contribution in [1.29, 1.82) is 0 Å². The SMILES string of the molecule is COc1cc(C(=O)c2c3ccc(OC)c(C#CCO)c3nn2Cc2cnc([N+](=O)[O-])n2C)cc(OC)c1OC. The number of hydrogen-bond acceptors (Lipinski definition) is 10. The number of carbonyl (C=O) groups excluding carboxylic acids is 1. The summed E-state index contributed by atoms with van der Waals surface area (Å²) in [5.74, 6) is 5.95. The molecule has 0 atom stereocenters. The highest BCUT2D eigenvalue weighted by Gasteiger charge is 2.27. The van der Waals surface area contributed by atoms with Gasteiger partial charge in [-0.3, -0.25) is 9.48 Å². The van der Waals surface area contributed by atoms with Crippen LogP contribution in [0.4, 0.5) is 5.95 Å². The summed E-state index contributed by atoms with van der Waals surface area (Å²) in [6.45, 7) is -0.414. The third-order valence-corrected chi connectivity index (χ3v) is 6.06. The van der Waals surface area contributed by atoms with Crippen molar-refractivity contribution in [3.8, 4) is 34.8 Å². The van der Waals surface area contributed by atoms with Crippen molar-refractivity contribution >= 4 is 22.6 Å². The van der Waals surface area contributed by atoms with Crippen LogP contribution in [0.15, 0.2) is 30.5 Å². The summed E-state index contributed by atoms with van der Waals surface area (Å²) in [6.07, 6.45) is 1.35. The summed E-state index contributed by atoms with van der Waals surface area (Å²) in [6, 6.07) is 6.38. The van der Waals surface area contributed by atoms with E-state index >= 15 is 0 Å². The van der Waals surface area contributed by atoms with Crippen LogP contribution in [0.5, 0.6) is 23.0 Å². The fourth-order valence-corrected chi connectivity index (χ4v) is 4.20. The van der Waals surface area contributed by atoms with E-state index in [1.807, 2.05) is 0 Å². The normalized spacial score (nSPS) is 10.6. The Labute approximate surface area is 222 Å². The number of aliphatic hydroxyl groups is 1. The number of aromatic nitrogens is 4. The Hall–Kier alpha value is -5.09. The van der Waals surface area contributed by atoms with Crippen LogP contribution in [-0.2, 0) is 13.6 Å². The molecule has 2 heterocycles. The van der Waals surface area contributed by atoms with Gasteiger partial charge in [0.25, 0.3) is 0 Å². The lowest BCUT2D eigenvalue weighted by molar-refractivity contribution is -0.396. The van der Waals surface area contributed by atoms with Crippen LogP contribution in [0.1, 0.15) is 27.3 Å². The molecule has 0 saturated carbocycles. The maximum atomic E-state index is 14.1. The molecule has 0 saturated heterocycles. The van der Waals surface area contributed by atoms with Crippen molar-refractivity contribution in [3.05, 3.63) is 63.1 Å². The minimum Gasteiger partial charge on any atom is -0.495 e. The van der Waals surface area contributed by atoms with E-state index in [9.17, 15) is 20.0 Å². The minimum absolute atomic E-state index is 0.0211. The van der Waals surface area contributed by atoms with E-state index in [2.05, 4.69) is 21.9 Å². The van der Waals surface area contributed by atoms with Crippen LogP contribution in [-0.4, -0.2) is 70.2 Å². The third kappa shape index (κ3) is 4.80. The van der Waals surface area contributed by atoms with Gasteiger partial charge in [0.15, 0.2) is 11.5 Å². The number of imidazole rings is 1. The zero-order chi connectivity index (χ0) is 28.3. The van der Waals surface area contributed by atoms with Gasteiger partial charge in [0.05, 0.1) is 47.6 Å². The van der Waals surface area contributed by atoms with Crippen LogP contribution in [0.2, 0.25) is 0 Å². The molecule has 0 fully saturated rings. The molecule has 2 aromatic carbocycles. The first-order chi connectivity index (χ1) is 18.8. The monoisotopic (exact) mass is 535 g/mol. The van der Waals surface area contributed by atoms with Crippen LogP contribution in [0.25, 0.3) is 10.9 Å². The number of rotatable bonds is 9. The van der Waals surface area contributed by atoms with Crippen molar-refractivity contribution in [2.75, 3.05) is 35.0 Å². The van der Waals surface area contributed by atoms with Crippen LogP contribution in [0.3, 0.4) is 0 Å². The highest BCUT2D eigenvalue weighted by molar-refractivity contribution is 6.16. The second-order valence-electron chi connectivity index (χ2n) is 8.11. The van der Waals surface area contributed by atoms with Gasteiger partial charge in [0.1, 0.15) is 35.5 Å². The number of benzene rings is 2. The smallest absolute Gasteiger partial charge is 0.434 e. The van der Waals surface area contributed by atoms with Gasteiger partial charge in [-0.25, -0.2) is 4.57 Å². The molecule has 4 aromatic rings. The van der Waals surface area contributed by atoms with Gasteiger partial charge in [-0.1, -0.05) is 16.8 Å². The number of ether oxygens (including phenoxy) is 4.